The number of sulfonamides is 1. The summed E-state index contributed by atoms with van der Waals surface area (Å²) in [6.07, 6.45) is 5.08. The number of nitrogen functional groups attached to an aromatic ring is 1. The maximum absolute atomic E-state index is 12.2. The second-order valence-electron chi connectivity index (χ2n) is 5.50. The van der Waals surface area contributed by atoms with Crippen LogP contribution in [0.3, 0.4) is 0 Å². The summed E-state index contributed by atoms with van der Waals surface area (Å²) in [6, 6.07) is 4.07. The molecule has 1 fully saturated rings. The number of nitrogens with two attached hydrogens (primary N) is 1. The minimum Gasteiger partial charge on any atom is -0.478 e. The van der Waals surface area contributed by atoms with E-state index in [-0.39, 0.29) is 22.9 Å². The molecule has 2 rings (SSSR count). The van der Waals surface area contributed by atoms with E-state index in [0.717, 1.165) is 32.1 Å². The lowest BCUT2D eigenvalue weighted by molar-refractivity contribution is 0.0698. The molecule has 0 amide bonds. The molecular weight excluding hydrogens is 292 g/mol. The molecule has 1 aliphatic carbocycles. The van der Waals surface area contributed by atoms with Gasteiger partial charge in [-0.25, -0.2) is 13.2 Å². The molecule has 6 nitrogen and oxygen atoms in total. The Balaban J connectivity index is 2.15. The van der Waals surface area contributed by atoms with Gasteiger partial charge in [-0.3, -0.25) is 4.72 Å². The van der Waals surface area contributed by atoms with Gasteiger partial charge in [0.15, 0.2) is 0 Å². The Morgan fingerprint density at radius 2 is 1.95 bits per heavy atom. The van der Waals surface area contributed by atoms with E-state index in [1.165, 1.54) is 18.2 Å². The monoisotopic (exact) mass is 312 g/mol. The van der Waals surface area contributed by atoms with E-state index < -0.39 is 16.0 Å². The summed E-state index contributed by atoms with van der Waals surface area (Å²) in [6.45, 7) is 0. The molecule has 0 bridgehead atoms. The van der Waals surface area contributed by atoms with Crippen LogP contribution in [0.2, 0.25) is 0 Å². The first-order chi connectivity index (χ1) is 9.87. The van der Waals surface area contributed by atoms with Crippen molar-refractivity contribution >= 4 is 27.4 Å². The molecule has 0 saturated heterocycles. The lowest BCUT2D eigenvalue weighted by Crippen LogP contribution is -2.25. The molecule has 0 atom stereocenters. The lowest BCUT2D eigenvalue weighted by atomic mass is 9.91. The first-order valence-electron chi connectivity index (χ1n) is 7.01. The fourth-order valence-corrected chi connectivity index (χ4v) is 4.25. The van der Waals surface area contributed by atoms with E-state index in [2.05, 4.69) is 4.72 Å². The van der Waals surface area contributed by atoms with Crippen LogP contribution in [-0.4, -0.2) is 25.2 Å². The molecule has 1 aromatic carbocycles. The third kappa shape index (κ3) is 4.35. The summed E-state index contributed by atoms with van der Waals surface area (Å²) in [5.74, 6) is -1.02. The van der Waals surface area contributed by atoms with Crippen LogP contribution in [0.5, 0.6) is 0 Å². The lowest BCUT2D eigenvalue weighted by Gasteiger charge is -2.21. The number of hydrogen-bond donors (Lipinski definition) is 3. The number of carbonyl (C=O) groups is 1. The molecule has 0 aromatic heterocycles. The van der Waals surface area contributed by atoms with Gasteiger partial charge in [-0.1, -0.05) is 19.3 Å². The Bertz CT molecular complexity index is 622. The topological polar surface area (TPSA) is 109 Å². The van der Waals surface area contributed by atoms with Gasteiger partial charge in [0, 0.05) is 5.69 Å². The van der Waals surface area contributed by atoms with Gasteiger partial charge >= 0.3 is 5.97 Å². The van der Waals surface area contributed by atoms with Gasteiger partial charge < -0.3 is 10.8 Å². The summed E-state index contributed by atoms with van der Waals surface area (Å²) in [7, 11) is -3.58. The van der Waals surface area contributed by atoms with E-state index in [1.54, 1.807) is 0 Å². The molecular formula is C14H20N2O4S. The summed E-state index contributed by atoms with van der Waals surface area (Å²) in [5, 5.41) is 9.10. The van der Waals surface area contributed by atoms with Gasteiger partial charge in [-0.15, -0.1) is 0 Å². The summed E-state index contributed by atoms with van der Waals surface area (Å²) in [5.41, 5.74) is 5.84. The second kappa shape index (κ2) is 6.34. The second-order valence-corrected chi connectivity index (χ2v) is 7.26. The number of anilines is 2. The average molecular weight is 312 g/mol. The van der Waals surface area contributed by atoms with Crippen LogP contribution >= 0.6 is 0 Å². The normalized spacial score (nSPS) is 16.6. The minimum absolute atomic E-state index is 0.0262. The number of carboxylic acid groups (broad SMARTS) is 1. The Labute approximate surface area is 124 Å². The zero-order chi connectivity index (χ0) is 15.5. The third-order valence-electron chi connectivity index (χ3n) is 3.72. The van der Waals surface area contributed by atoms with E-state index >= 15 is 0 Å². The van der Waals surface area contributed by atoms with Gasteiger partial charge in [-0.2, -0.15) is 0 Å². The Hall–Kier alpha value is -1.76. The number of rotatable bonds is 5. The molecule has 0 heterocycles. The zero-order valence-corrected chi connectivity index (χ0v) is 12.5. The molecule has 4 N–H and O–H groups in total. The van der Waals surface area contributed by atoms with E-state index in [9.17, 15) is 13.2 Å². The van der Waals surface area contributed by atoms with Crippen molar-refractivity contribution in [1.82, 2.24) is 0 Å². The highest BCUT2D eigenvalue weighted by molar-refractivity contribution is 7.92. The molecule has 0 aliphatic heterocycles. The minimum atomic E-state index is -3.58. The number of hydrogen-bond acceptors (Lipinski definition) is 4. The molecule has 21 heavy (non-hydrogen) atoms. The fraction of sp³-hybridized carbons (Fsp3) is 0.500. The molecule has 1 saturated carbocycles. The number of benzene rings is 1. The number of aromatic carboxylic acids is 1. The largest absolute Gasteiger partial charge is 0.478 e. The number of carboxylic acids is 1. The highest BCUT2D eigenvalue weighted by Crippen LogP contribution is 2.26. The van der Waals surface area contributed by atoms with Crippen molar-refractivity contribution in [3.63, 3.8) is 0 Å². The molecule has 1 aromatic rings. The summed E-state index contributed by atoms with van der Waals surface area (Å²) >= 11 is 0. The summed E-state index contributed by atoms with van der Waals surface area (Å²) in [4.78, 5) is 11.1. The van der Waals surface area contributed by atoms with Gasteiger partial charge in [0.05, 0.1) is 17.0 Å². The first kappa shape index (κ1) is 15.6. The maximum Gasteiger partial charge on any atom is 0.337 e. The van der Waals surface area contributed by atoms with Gasteiger partial charge in [-0.05, 0) is 37.0 Å². The van der Waals surface area contributed by atoms with Crippen molar-refractivity contribution in [2.45, 2.75) is 32.1 Å². The van der Waals surface area contributed by atoms with Crippen LogP contribution in [0, 0.1) is 5.92 Å². The van der Waals surface area contributed by atoms with Crippen molar-refractivity contribution in [3.8, 4) is 0 Å². The Kier molecular flexibility index (Phi) is 4.72. The van der Waals surface area contributed by atoms with Crippen LogP contribution in [0.25, 0.3) is 0 Å². The molecule has 7 heteroatoms. The average Bonchev–Trinajstić information content (AvgIpc) is 2.38. The fourth-order valence-electron chi connectivity index (χ4n) is 2.71. The third-order valence-corrected chi connectivity index (χ3v) is 5.16. The van der Waals surface area contributed by atoms with Crippen molar-refractivity contribution in [3.05, 3.63) is 23.8 Å². The van der Waals surface area contributed by atoms with Gasteiger partial charge in [0.1, 0.15) is 0 Å². The molecule has 116 valence electrons. The van der Waals surface area contributed by atoms with Crippen molar-refractivity contribution < 1.29 is 18.3 Å². The quantitative estimate of drug-likeness (QED) is 0.723. The van der Waals surface area contributed by atoms with Gasteiger partial charge in [0.25, 0.3) is 0 Å². The predicted molar refractivity (Wildman–Crippen MR) is 81.8 cm³/mol. The Morgan fingerprint density at radius 3 is 2.57 bits per heavy atom. The highest BCUT2D eigenvalue weighted by atomic mass is 32.2. The van der Waals surface area contributed by atoms with Crippen LogP contribution < -0.4 is 10.5 Å². The van der Waals surface area contributed by atoms with Crippen molar-refractivity contribution in [1.29, 1.82) is 0 Å². The maximum atomic E-state index is 12.2. The molecule has 0 radical (unpaired) electrons. The molecule has 0 spiro atoms. The Morgan fingerprint density at radius 1 is 1.29 bits per heavy atom. The van der Waals surface area contributed by atoms with Crippen LogP contribution in [0.1, 0.15) is 42.5 Å². The SMILES string of the molecule is Nc1ccc(C(=O)O)c(NS(=O)(=O)CC2CCCCC2)c1. The van der Waals surface area contributed by atoms with Crippen LogP contribution in [-0.2, 0) is 10.0 Å². The zero-order valence-electron chi connectivity index (χ0n) is 11.7. The van der Waals surface area contributed by atoms with Crippen molar-refractivity contribution in [2.24, 2.45) is 5.92 Å². The highest BCUT2D eigenvalue weighted by Gasteiger charge is 2.23. The van der Waals surface area contributed by atoms with Crippen LogP contribution in [0.15, 0.2) is 18.2 Å². The van der Waals surface area contributed by atoms with E-state index in [4.69, 9.17) is 10.8 Å². The van der Waals surface area contributed by atoms with Crippen LogP contribution in [0.4, 0.5) is 11.4 Å². The standard InChI is InChI=1S/C14H20N2O4S/c15-11-6-7-12(14(17)18)13(8-11)16-21(19,20)9-10-4-2-1-3-5-10/h6-8,10,16H,1-5,9,15H2,(H,17,18). The summed E-state index contributed by atoms with van der Waals surface area (Å²) < 4.78 is 26.8. The van der Waals surface area contributed by atoms with Gasteiger partial charge in [0.2, 0.25) is 10.0 Å². The molecule has 0 unspecified atom stereocenters. The number of nitrogens with one attached hydrogen (secondary N) is 1. The predicted octanol–water partition coefficient (Wildman–Crippen LogP) is 2.29. The first-order valence-corrected chi connectivity index (χ1v) is 8.66. The smallest absolute Gasteiger partial charge is 0.337 e. The van der Waals surface area contributed by atoms with E-state index in [0.29, 0.717) is 5.69 Å². The molecule has 1 aliphatic rings. The van der Waals surface area contributed by atoms with Crippen molar-refractivity contribution in [2.75, 3.05) is 16.2 Å². The van der Waals surface area contributed by atoms with E-state index in [1.807, 2.05) is 0 Å².